The molecule has 2 aromatic rings. The number of halogens is 2. The molecule has 0 saturated heterocycles. The van der Waals surface area contributed by atoms with Crippen LogP contribution in [0.3, 0.4) is 0 Å². The molecule has 1 atom stereocenters. The number of nitrogens with one attached hydrogen (secondary N) is 1. The third-order valence-corrected chi connectivity index (χ3v) is 4.92. The van der Waals surface area contributed by atoms with Gasteiger partial charge >= 0.3 is 0 Å². The molecule has 2 aromatic heterocycles. The summed E-state index contributed by atoms with van der Waals surface area (Å²) in [5.74, 6) is 0. The summed E-state index contributed by atoms with van der Waals surface area (Å²) < 4.78 is 1.67. The van der Waals surface area contributed by atoms with Gasteiger partial charge in [-0.25, -0.2) is 0 Å². The monoisotopic (exact) mass is 291 g/mol. The second kappa shape index (κ2) is 5.52. The number of hydrogen-bond donors (Lipinski definition) is 1. The molecule has 0 radical (unpaired) electrons. The fraction of sp³-hybridized carbons (Fsp3) is 0.273. The zero-order valence-electron chi connectivity index (χ0n) is 8.67. The van der Waals surface area contributed by atoms with Crippen molar-refractivity contribution in [2.75, 3.05) is 7.05 Å². The zero-order valence-corrected chi connectivity index (χ0v) is 11.8. The van der Waals surface area contributed by atoms with Crippen molar-refractivity contribution in [2.24, 2.45) is 0 Å². The van der Waals surface area contributed by atoms with E-state index < -0.39 is 0 Å². The van der Waals surface area contributed by atoms with Crippen molar-refractivity contribution in [1.82, 2.24) is 5.32 Å². The summed E-state index contributed by atoms with van der Waals surface area (Å²) in [5.41, 5.74) is 0. The highest BCUT2D eigenvalue weighted by Gasteiger charge is 2.13. The molecule has 1 nitrogen and oxygen atoms in total. The molecule has 0 saturated carbocycles. The van der Waals surface area contributed by atoms with Gasteiger partial charge in [0, 0.05) is 22.2 Å². The Balaban J connectivity index is 2.12. The highest BCUT2D eigenvalue weighted by atomic mass is 35.5. The summed E-state index contributed by atoms with van der Waals surface area (Å²) in [6.07, 6.45) is 0.949. The SMILES string of the molecule is CNC(Cc1ccc(Cl)s1)c1ccc(Cl)s1. The molecule has 2 heterocycles. The minimum absolute atomic E-state index is 0.312. The van der Waals surface area contributed by atoms with E-state index in [0.717, 1.165) is 15.1 Å². The standard InChI is InChI=1S/C11H11Cl2NS2/c1-14-8(9-3-5-11(13)16-9)6-7-2-4-10(12)15-7/h2-5,8,14H,6H2,1H3. The van der Waals surface area contributed by atoms with Gasteiger partial charge in [-0.2, -0.15) is 0 Å². The van der Waals surface area contributed by atoms with Gasteiger partial charge in [0.25, 0.3) is 0 Å². The summed E-state index contributed by atoms with van der Waals surface area (Å²) in [6.45, 7) is 0. The number of likely N-dealkylation sites (N-methyl/N-ethyl adjacent to an activating group) is 1. The molecule has 1 N–H and O–H groups in total. The van der Waals surface area contributed by atoms with Crippen molar-refractivity contribution < 1.29 is 0 Å². The molecule has 0 amide bonds. The molecule has 0 aliphatic rings. The van der Waals surface area contributed by atoms with E-state index in [1.165, 1.54) is 9.75 Å². The molecule has 0 aromatic carbocycles. The Morgan fingerprint density at radius 2 is 1.81 bits per heavy atom. The predicted octanol–water partition coefficient (Wildman–Crippen LogP) is 4.62. The lowest BCUT2D eigenvalue weighted by molar-refractivity contribution is 0.607. The summed E-state index contributed by atoms with van der Waals surface area (Å²) in [5, 5.41) is 3.30. The topological polar surface area (TPSA) is 12.0 Å². The Morgan fingerprint density at radius 1 is 1.12 bits per heavy atom. The van der Waals surface area contributed by atoms with E-state index in [9.17, 15) is 0 Å². The zero-order chi connectivity index (χ0) is 11.5. The first-order valence-corrected chi connectivity index (χ1v) is 7.24. The Labute approximate surface area is 113 Å². The maximum Gasteiger partial charge on any atom is 0.0931 e. The van der Waals surface area contributed by atoms with Gasteiger partial charge < -0.3 is 5.32 Å². The van der Waals surface area contributed by atoms with Crippen molar-refractivity contribution in [2.45, 2.75) is 12.5 Å². The Hall–Kier alpha value is -0.0600. The van der Waals surface area contributed by atoms with Crippen LogP contribution in [-0.4, -0.2) is 7.05 Å². The maximum atomic E-state index is 5.94. The minimum Gasteiger partial charge on any atom is -0.312 e. The van der Waals surface area contributed by atoms with Crippen LogP contribution in [0.2, 0.25) is 8.67 Å². The molecule has 0 aliphatic carbocycles. The highest BCUT2D eigenvalue weighted by Crippen LogP contribution is 2.31. The molecule has 0 aliphatic heterocycles. The fourth-order valence-corrected chi connectivity index (χ4v) is 3.83. The van der Waals surface area contributed by atoms with Crippen LogP contribution in [0.25, 0.3) is 0 Å². The largest absolute Gasteiger partial charge is 0.312 e. The maximum absolute atomic E-state index is 5.94. The lowest BCUT2D eigenvalue weighted by Crippen LogP contribution is -2.17. The second-order valence-corrected chi connectivity index (χ2v) is 6.94. The van der Waals surface area contributed by atoms with Gasteiger partial charge in [-0.1, -0.05) is 23.2 Å². The quantitative estimate of drug-likeness (QED) is 0.867. The van der Waals surface area contributed by atoms with Crippen LogP contribution in [0, 0.1) is 0 Å². The molecule has 86 valence electrons. The smallest absolute Gasteiger partial charge is 0.0931 e. The first-order chi connectivity index (χ1) is 7.69. The molecular weight excluding hydrogens is 281 g/mol. The normalized spacial score (nSPS) is 12.9. The van der Waals surface area contributed by atoms with Crippen molar-refractivity contribution >= 4 is 45.9 Å². The molecule has 16 heavy (non-hydrogen) atoms. The van der Waals surface area contributed by atoms with E-state index in [1.54, 1.807) is 22.7 Å². The van der Waals surface area contributed by atoms with Crippen molar-refractivity contribution in [3.05, 3.63) is 42.7 Å². The lowest BCUT2D eigenvalue weighted by atomic mass is 10.1. The third-order valence-electron chi connectivity index (χ3n) is 2.32. The average Bonchev–Trinajstić information content (AvgIpc) is 2.84. The van der Waals surface area contributed by atoms with Gasteiger partial charge in [0.05, 0.1) is 8.67 Å². The van der Waals surface area contributed by atoms with Crippen LogP contribution in [0.1, 0.15) is 15.8 Å². The molecule has 2 rings (SSSR count). The van der Waals surface area contributed by atoms with Crippen molar-refractivity contribution in [3.63, 3.8) is 0 Å². The molecular formula is C11H11Cl2NS2. The van der Waals surface area contributed by atoms with Crippen molar-refractivity contribution in [3.8, 4) is 0 Å². The number of rotatable bonds is 4. The average molecular weight is 292 g/mol. The van der Waals surface area contributed by atoms with E-state index in [2.05, 4.69) is 17.4 Å². The van der Waals surface area contributed by atoms with Crippen LogP contribution < -0.4 is 5.32 Å². The predicted molar refractivity (Wildman–Crippen MR) is 74.2 cm³/mol. The Bertz CT molecular complexity index is 464. The van der Waals surface area contributed by atoms with E-state index >= 15 is 0 Å². The minimum atomic E-state index is 0.312. The third kappa shape index (κ3) is 2.99. The van der Waals surface area contributed by atoms with E-state index in [0.29, 0.717) is 6.04 Å². The summed E-state index contributed by atoms with van der Waals surface area (Å²) >= 11 is 15.1. The molecule has 1 unspecified atom stereocenters. The van der Waals surface area contributed by atoms with Gasteiger partial charge in [0.1, 0.15) is 0 Å². The molecule has 0 spiro atoms. The first-order valence-electron chi connectivity index (χ1n) is 4.85. The molecule has 5 heteroatoms. The first kappa shape index (κ1) is 12.4. The Kier molecular flexibility index (Phi) is 4.27. The Morgan fingerprint density at radius 3 is 2.31 bits per heavy atom. The van der Waals surface area contributed by atoms with Gasteiger partial charge in [-0.05, 0) is 31.3 Å². The lowest BCUT2D eigenvalue weighted by Gasteiger charge is -2.12. The van der Waals surface area contributed by atoms with Crippen LogP contribution in [0.4, 0.5) is 0 Å². The van der Waals surface area contributed by atoms with Gasteiger partial charge in [0.2, 0.25) is 0 Å². The van der Waals surface area contributed by atoms with E-state index in [-0.39, 0.29) is 0 Å². The van der Waals surface area contributed by atoms with Gasteiger partial charge in [-0.3, -0.25) is 0 Å². The van der Waals surface area contributed by atoms with E-state index in [4.69, 9.17) is 23.2 Å². The van der Waals surface area contributed by atoms with Crippen LogP contribution >= 0.6 is 45.9 Å². The summed E-state index contributed by atoms with van der Waals surface area (Å²) in [4.78, 5) is 2.55. The van der Waals surface area contributed by atoms with Crippen LogP contribution in [0.15, 0.2) is 24.3 Å². The number of hydrogen-bond acceptors (Lipinski definition) is 3. The molecule has 0 fully saturated rings. The molecule has 0 bridgehead atoms. The van der Waals surface area contributed by atoms with Crippen LogP contribution in [-0.2, 0) is 6.42 Å². The van der Waals surface area contributed by atoms with Crippen molar-refractivity contribution in [1.29, 1.82) is 0 Å². The highest BCUT2D eigenvalue weighted by molar-refractivity contribution is 7.16. The van der Waals surface area contributed by atoms with Crippen LogP contribution in [0.5, 0.6) is 0 Å². The summed E-state index contributed by atoms with van der Waals surface area (Å²) in [7, 11) is 1.97. The summed E-state index contributed by atoms with van der Waals surface area (Å²) in [6, 6.07) is 8.34. The number of thiophene rings is 2. The fourth-order valence-electron chi connectivity index (χ4n) is 1.52. The second-order valence-electron chi connectivity index (χ2n) is 3.39. The van der Waals surface area contributed by atoms with E-state index in [1.807, 2.05) is 19.2 Å². The van der Waals surface area contributed by atoms with Gasteiger partial charge in [0.15, 0.2) is 0 Å². The van der Waals surface area contributed by atoms with Gasteiger partial charge in [-0.15, -0.1) is 22.7 Å².